The first-order valence-corrected chi connectivity index (χ1v) is 6.31. The zero-order chi connectivity index (χ0) is 11.4. The van der Waals surface area contributed by atoms with E-state index in [4.69, 9.17) is 4.74 Å². The Balaban J connectivity index is 2.08. The van der Waals surface area contributed by atoms with Crippen LogP contribution in [0.15, 0.2) is 24.3 Å². The minimum absolute atomic E-state index is 0.542. The molecule has 2 nitrogen and oxygen atoms in total. The van der Waals surface area contributed by atoms with Crippen LogP contribution in [0.1, 0.15) is 38.3 Å². The van der Waals surface area contributed by atoms with Gasteiger partial charge in [0.05, 0.1) is 6.61 Å². The van der Waals surface area contributed by atoms with Crippen LogP contribution < -0.4 is 10.1 Å². The zero-order valence-electron chi connectivity index (χ0n) is 10.2. The van der Waals surface area contributed by atoms with Gasteiger partial charge in [-0.05, 0) is 43.5 Å². The van der Waals surface area contributed by atoms with Gasteiger partial charge in [-0.2, -0.15) is 0 Å². The molecule has 1 saturated heterocycles. The van der Waals surface area contributed by atoms with Crippen molar-refractivity contribution in [3.8, 4) is 5.75 Å². The average molecular weight is 219 g/mol. The first-order valence-electron chi connectivity index (χ1n) is 6.31. The molecule has 1 fully saturated rings. The van der Waals surface area contributed by atoms with Gasteiger partial charge in [-0.25, -0.2) is 0 Å². The highest BCUT2D eigenvalue weighted by atomic mass is 16.5. The molecule has 16 heavy (non-hydrogen) atoms. The molecule has 0 aromatic heterocycles. The lowest BCUT2D eigenvalue weighted by atomic mass is 9.92. The summed E-state index contributed by atoms with van der Waals surface area (Å²) in [5.41, 5.74) is 1.40. The first kappa shape index (κ1) is 11.5. The smallest absolute Gasteiger partial charge is 0.119 e. The van der Waals surface area contributed by atoms with Crippen molar-refractivity contribution in [3.63, 3.8) is 0 Å². The van der Waals surface area contributed by atoms with Crippen LogP contribution in [0.2, 0.25) is 0 Å². The maximum atomic E-state index is 5.46. The summed E-state index contributed by atoms with van der Waals surface area (Å²) in [6, 6.07) is 9.07. The second kappa shape index (κ2) is 5.35. The van der Waals surface area contributed by atoms with Crippen molar-refractivity contribution in [2.45, 2.75) is 32.7 Å². The molecule has 0 unspecified atom stereocenters. The molecule has 1 aliphatic heterocycles. The molecule has 0 radical (unpaired) electrons. The molecule has 1 heterocycles. The van der Waals surface area contributed by atoms with Crippen molar-refractivity contribution in [2.24, 2.45) is 5.92 Å². The van der Waals surface area contributed by atoms with Crippen LogP contribution in [0.4, 0.5) is 0 Å². The predicted octanol–water partition coefficient (Wildman–Crippen LogP) is 3.15. The monoisotopic (exact) mass is 219 g/mol. The Morgan fingerprint density at radius 3 is 2.62 bits per heavy atom. The Morgan fingerprint density at radius 1 is 1.25 bits per heavy atom. The Labute approximate surface area is 98.0 Å². The molecule has 2 atom stereocenters. The van der Waals surface area contributed by atoms with Crippen LogP contribution in [-0.2, 0) is 0 Å². The van der Waals surface area contributed by atoms with Gasteiger partial charge in [0.25, 0.3) is 0 Å². The first-order chi connectivity index (χ1) is 7.85. The minimum Gasteiger partial charge on any atom is -0.494 e. The van der Waals surface area contributed by atoms with E-state index in [-0.39, 0.29) is 0 Å². The fourth-order valence-corrected chi connectivity index (χ4v) is 2.53. The van der Waals surface area contributed by atoms with E-state index >= 15 is 0 Å². The van der Waals surface area contributed by atoms with Crippen LogP contribution in [0.5, 0.6) is 5.75 Å². The molecule has 0 aliphatic carbocycles. The molecule has 0 saturated carbocycles. The second-order valence-electron chi connectivity index (χ2n) is 4.39. The normalized spacial score (nSPS) is 24.6. The Bertz CT molecular complexity index is 320. The van der Waals surface area contributed by atoms with Crippen molar-refractivity contribution < 1.29 is 4.74 Å². The minimum atomic E-state index is 0.542. The van der Waals surface area contributed by atoms with Crippen molar-refractivity contribution in [1.82, 2.24) is 5.32 Å². The van der Waals surface area contributed by atoms with E-state index in [0.717, 1.165) is 24.8 Å². The van der Waals surface area contributed by atoms with Crippen molar-refractivity contribution in [1.29, 1.82) is 0 Å². The third-order valence-corrected chi connectivity index (χ3v) is 3.43. The van der Waals surface area contributed by atoms with E-state index < -0.39 is 0 Å². The summed E-state index contributed by atoms with van der Waals surface area (Å²) in [7, 11) is 0. The Hall–Kier alpha value is -1.02. The number of benzene rings is 1. The van der Waals surface area contributed by atoms with Gasteiger partial charge >= 0.3 is 0 Å². The van der Waals surface area contributed by atoms with Crippen LogP contribution in [0, 0.1) is 5.92 Å². The highest BCUT2D eigenvalue weighted by molar-refractivity contribution is 5.30. The molecule has 0 bridgehead atoms. The fourth-order valence-electron chi connectivity index (χ4n) is 2.53. The van der Waals surface area contributed by atoms with E-state index in [9.17, 15) is 0 Å². The summed E-state index contributed by atoms with van der Waals surface area (Å²) in [6.45, 7) is 6.17. The second-order valence-corrected chi connectivity index (χ2v) is 4.39. The van der Waals surface area contributed by atoms with Gasteiger partial charge in [0.15, 0.2) is 0 Å². The lowest BCUT2D eigenvalue weighted by Crippen LogP contribution is -2.17. The maximum absolute atomic E-state index is 5.46. The van der Waals surface area contributed by atoms with Gasteiger partial charge in [0.2, 0.25) is 0 Å². The molecular weight excluding hydrogens is 198 g/mol. The molecule has 1 aromatic carbocycles. The molecule has 1 aromatic rings. The number of nitrogens with one attached hydrogen (secondary N) is 1. The molecule has 88 valence electrons. The quantitative estimate of drug-likeness (QED) is 0.840. The van der Waals surface area contributed by atoms with Gasteiger partial charge in [0.1, 0.15) is 5.75 Å². The molecule has 0 spiro atoms. The van der Waals surface area contributed by atoms with Crippen LogP contribution in [0.25, 0.3) is 0 Å². The van der Waals surface area contributed by atoms with Crippen LogP contribution in [0.3, 0.4) is 0 Å². The Morgan fingerprint density at radius 2 is 2.00 bits per heavy atom. The number of ether oxygens (including phenoxy) is 1. The van der Waals surface area contributed by atoms with Crippen LogP contribution >= 0.6 is 0 Å². The van der Waals surface area contributed by atoms with E-state index in [2.05, 4.69) is 36.5 Å². The zero-order valence-corrected chi connectivity index (χ0v) is 10.2. The summed E-state index contributed by atoms with van der Waals surface area (Å²) < 4.78 is 5.46. The van der Waals surface area contributed by atoms with E-state index in [1.54, 1.807) is 0 Å². The summed E-state index contributed by atoms with van der Waals surface area (Å²) in [6.07, 6.45) is 2.55. The molecule has 1 N–H and O–H groups in total. The van der Waals surface area contributed by atoms with Crippen molar-refractivity contribution >= 4 is 0 Å². The maximum Gasteiger partial charge on any atom is 0.119 e. The lowest BCUT2D eigenvalue weighted by molar-refractivity contribution is 0.340. The third-order valence-electron chi connectivity index (χ3n) is 3.43. The summed E-state index contributed by atoms with van der Waals surface area (Å²) in [4.78, 5) is 0. The molecule has 2 heteroatoms. The summed E-state index contributed by atoms with van der Waals surface area (Å²) >= 11 is 0. The van der Waals surface area contributed by atoms with E-state index in [1.807, 2.05) is 6.92 Å². The molecule has 0 amide bonds. The molecular formula is C14H21NO. The van der Waals surface area contributed by atoms with Crippen LogP contribution in [-0.4, -0.2) is 13.2 Å². The summed E-state index contributed by atoms with van der Waals surface area (Å²) in [5, 5.41) is 3.58. The van der Waals surface area contributed by atoms with Gasteiger partial charge in [-0.3, -0.25) is 0 Å². The number of rotatable bonds is 4. The van der Waals surface area contributed by atoms with Gasteiger partial charge in [0, 0.05) is 6.04 Å². The predicted molar refractivity (Wildman–Crippen MR) is 66.8 cm³/mol. The van der Waals surface area contributed by atoms with Gasteiger partial charge in [-0.1, -0.05) is 25.5 Å². The Kier molecular flexibility index (Phi) is 3.83. The third kappa shape index (κ3) is 2.38. The van der Waals surface area contributed by atoms with E-state index in [0.29, 0.717) is 6.04 Å². The summed E-state index contributed by atoms with van der Waals surface area (Å²) in [5.74, 6) is 1.76. The lowest BCUT2D eigenvalue weighted by Gasteiger charge is -2.18. The van der Waals surface area contributed by atoms with Crippen molar-refractivity contribution in [3.05, 3.63) is 29.8 Å². The highest BCUT2D eigenvalue weighted by Crippen LogP contribution is 2.32. The molecule has 1 aliphatic rings. The topological polar surface area (TPSA) is 21.3 Å². The number of hydrogen-bond donors (Lipinski definition) is 1. The SMILES string of the molecule is CCOc1ccc([C@H]2NCC[C@H]2CC)cc1. The average Bonchev–Trinajstić information content (AvgIpc) is 2.78. The molecule has 2 rings (SSSR count). The fraction of sp³-hybridized carbons (Fsp3) is 0.571. The van der Waals surface area contributed by atoms with Gasteiger partial charge < -0.3 is 10.1 Å². The standard InChI is InChI=1S/C14H21NO/c1-3-11-9-10-15-14(11)12-5-7-13(8-6-12)16-4-2/h5-8,11,14-15H,3-4,9-10H2,1-2H3/t11-,14+/m1/s1. The van der Waals surface area contributed by atoms with Gasteiger partial charge in [-0.15, -0.1) is 0 Å². The number of hydrogen-bond acceptors (Lipinski definition) is 2. The van der Waals surface area contributed by atoms with Crippen molar-refractivity contribution in [2.75, 3.05) is 13.2 Å². The highest BCUT2D eigenvalue weighted by Gasteiger charge is 2.26. The largest absolute Gasteiger partial charge is 0.494 e. The van der Waals surface area contributed by atoms with E-state index in [1.165, 1.54) is 18.4 Å².